The van der Waals surface area contributed by atoms with Crippen molar-refractivity contribution in [3.63, 3.8) is 0 Å². The maximum Gasteiger partial charge on any atom is 0.303 e. The van der Waals surface area contributed by atoms with E-state index in [1.165, 1.54) is 4.68 Å². The standard InChI is InChI=1S/C16H19N3O4/c1-19-16(23)12-7-3-2-6-11(12)13(18-19)10-14(20)17-9-5-4-8-15(21)22/h2-3,6-7H,4-5,8-10H2,1H3,(H,17,20)(H,21,22). The number of carbonyl (C=O) groups excluding carboxylic acids is 1. The summed E-state index contributed by atoms with van der Waals surface area (Å²) in [4.78, 5) is 34.4. The molecule has 2 aromatic rings. The highest BCUT2D eigenvalue weighted by Gasteiger charge is 2.11. The number of amides is 1. The van der Waals surface area contributed by atoms with Crippen molar-refractivity contribution in [2.75, 3.05) is 6.54 Å². The fourth-order valence-corrected chi connectivity index (χ4v) is 2.35. The van der Waals surface area contributed by atoms with Crippen molar-refractivity contribution in [2.24, 2.45) is 7.05 Å². The number of fused-ring (bicyclic) bond motifs is 1. The zero-order valence-electron chi connectivity index (χ0n) is 12.9. The van der Waals surface area contributed by atoms with Gasteiger partial charge in [-0.05, 0) is 18.9 Å². The first-order valence-corrected chi connectivity index (χ1v) is 7.42. The molecule has 23 heavy (non-hydrogen) atoms. The smallest absolute Gasteiger partial charge is 0.303 e. The minimum atomic E-state index is -0.836. The molecule has 1 amide bonds. The summed E-state index contributed by atoms with van der Waals surface area (Å²) in [6.07, 6.45) is 1.31. The predicted molar refractivity (Wildman–Crippen MR) is 85.2 cm³/mol. The van der Waals surface area contributed by atoms with Gasteiger partial charge in [0, 0.05) is 25.4 Å². The monoisotopic (exact) mass is 317 g/mol. The Morgan fingerprint density at radius 1 is 1.22 bits per heavy atom. The molecule has 7 nitrogen and oxygen atoms in total. The number of rotatable bonds is 7. The highest BCUT2D eigenvalue weighted by molar-refractivity contribution is 5.88. The molecular weight excluding hydrogens is 298 g/mol. The first kappa shape index (κ1) is 16.7. The third kappa shape index (κ3) is 4.38. The molecule has 0 fully saturated rings. The van der Waals surface area contributed by atoms with Gasteiger partial charge in [0.15, 0.2) is 0 Å². The number of aliphatic carboxylic acids is 1. The van der Waals surface area contributed by atoms with Gasteiger partial charge in [-0.3, -0.25) is 14.4 Å². The number of carboxylic acid groups (broad SMARTS) is 1. The minimum absolute atomic E-state index is 0.0769. The topological polar surface area (TPSA) is 101 Å². The van der Waals surface area contributed by atoms with E-state index in [0.29, 0.717) is 35.9 Å². The first-order valence-electron chi connectivity index (χ1n) is 7.42. The number of aromatic nitrogens is 2. The quantitative estimate of drug-likeness (QED) is 0.737. The Kier molecular flexibility index (Phi) is 5.46. The number of carbonyl (C=O) groups is 2. The van der Waals surface area contributed by atoms with Crippen LogP contribution in [-0.4, -0.2) is 33.3 Å². The molecule has 1 aromatic heterocycles. The number of nitrogens with zero attached hydrogens (tertiary/aromatic N) is 2. The molecule has 0 atom stereocenters. The number of hydrogen-bond donors (Lipinski definition) is 2. The van der Waals surface area contributed by atoms with Crippen LogP contribution >= 0.6 is 0 Å². The molecule has 0 radical (unpaired) electrons. The summed E-state index contributed by atoms with van der Waals surface area (Å²) in [5.41, 5.74) is 0.351. The second kappa shape index (κ2) is 7.53. The summed E-state index contributed by atoms with van der Waals surface area (Å²) < 4.78 is 1.23. The molecule has 122 valence electrons. The SMILES string of the molecule is Cn1nc(CC(=O)NCCCCC(=O)O)c2ccccc2c1=O. The Hall–Kier alpha value is -2.70. The lowest BCUT2D eigenvalue weighted by Crippen LogP contribution is -2.28. The number of nitrogens with one attached hydrogen (secondary N) is 1. The molecule has 2 rings (SSSR count). The molecule has 0 aliphatic carbocycles. The van der Waals surface area contributed by atoms with Crippen molar-refractivity contribution in [1.29, 1.82) is 0 Å². The fraction of sp³-hybridized carbons (Fsp3) is 0.375. The van der Waals surface area contributed by atoms with E-state index in [1.807, 2.05) is 0 Å². The predicted octanol–water partition coefficient (Wildman–Crippen LogP) is 0.847. The molecule has 0 saturated heterocycles. The number of benzene rings is 1. The number of aryl methyl sites for hydroxylation is 1. The lowest BCUT2D eigenvalue weighted by Gasteiger charge is -2.08. The summed E-state index contributed by atoms with van der Waals surface area (Å²) in [6, 6.07) is 7.07. The molecule has 1 heterocycles. The molecule has 0 saturated carbocycles. The zero-order chi connectivity index (χ0) is 16.8. The van der Waals surface area contributed by atoms with Gasteiger partial charge < -0.3 is 10.4 Å². The van der Waals surface area contributed by atoms with E-state index < -0.39 is 5.97 Å². The van der Waals surface area contributed by atoms with Crippen molar-refractivity contribution in [3.05, 3.63) is 40.3 Å². The maximum absolute atomic E-state index is 12.0. The van der Waals surface area contributed by atoms with Crippen molar-refractivity contribution in [1.82, 2.24) is 15.1 Å². The second-order valence-electron chi connectivity index (χ2n) is 5.30. The minimum Gasteiger partial charge on any atom is -0.481 e. The van der Waals surface area contributed by atoms with Crippen LogP contribution in [-0.2, 0) is 23.1 Å². The second-order valence-corrected chi connectivity index (χ2v) is 5.30. The van der Waals surface area contributed by atoms with Gasteiger partial charge in [0.05, 0.1) is 17.5 Å². The van der Waals surface area contributed by atoms with Gasteiger partial charge in [0.1, 0.15) is 0 Å². The van der Waals surface area contributed by atoms with Gasteiger partial charge in [0.25, 0.3) is 5.56 Å². The largest absolute Gasteiger partial charge is 0.481 e. The van der Waals surface area contributed by atoms with Crippen molar-refractivity contribution >= 4 is 22.6 Å². The maximum atomic E-state index is 12.0. The van der Waals surface area contributed by atoms with E-state index in [1.54, 1.807) is 31.3 Å². The van der Waals surface area contributed by atoms with Crippen LogP contribution in [0, 0.1) is 0 Å². The Bertz CT molecular complexity index is 782. The van der Waals surface area contributed by atoms with Crippen LogP contribution in [0.25, 0.3) is 10.8 Å². The van der Waals surface area contributed by atoms with E-state index in [2.05, 4.69) is 10.4 Å². The van der Waals surface area contributed by atoms with Gasteiger partial charge >= 0.3 is 5.97 Å². The molecule has 0 spiro atoms. The third-order valence-electron chi connectivity index (χ3n) is 3.50. The molecule has 0 aliphatic rings. The average molecular weight is 317 g/mol. The number of hydrogen-bond acceptors (Lipinski definition) is 4. The third-order valence-corrected chi connectivity index (χ3v) is 3.50. The lowest BCUT2D eigenvalue weighted by molar-refractivity contribution is -0.137. The van der Waals surface area contributed by atoms with Gasteiger partial charge in [-0.15, -0.1) is 0 Å². The van der Waals surface area contributed by atoms with Crippen LogP contribution in [0.3, 0.4) is 0 Å². The van der Waals surface area contributed by atoms with Crippen molar-refractivity contribution in [2.45, 2.75) is 25.7 Å². The van der Waals surface area contributed by atoms with Crippen LogP contribution in [0.4, 0.5) is 0 Å². The van der Waals surface area contributed by atoms with E-state index in [0.717, 1.165) is 0 Å². The Balaban J connectivity index is 2.01. The van der Waals surface area contributed by atoms with E-state index in [-0.39, 0.29) is 24.3 Å². The lowest BCUT2D eigenvalue weighted by atomic mass is 10.1. The number of unbranched alkanes of at least 4 members (excludes halogenated alkanes) is 1. The molecule has 1 aromatic carbocycles. The van der Waals surface area contributed by atoms with Crippen LogP contribution < -0.4 is 10.9 Å². The molecule has 0 aliphatic heterocycles. The Morgan fingerprint density at radius 3 is 2.61 bits per heavy atom. The van der Waals surface area contributed by atoms with Crippen LogP contribution in [0.1, 0.15) is 25.0 Å². The van der Waals surface area contributed by atoms with Crippen LogP contribution in [0.5, 0.6) is 0 Å². The highest BCUT2D eigenvalue weighted by Crippen LogP contribution is 2.13. The average Bonchev–Trinajstić information content (AvgIpc) is 2.52. The van der Waals surface area contributed by atoms with Crippen molar-refractivity contribution < 1.29 is 14.7 Å². The van der Waals surface area contributed by atoms with E-state index >= 15 is 0 Å². The van der Waals surface area contributed by atoms with Crippen LogP contribution in [0.15, 0.2) is 29.1 Å². The molecular formula is C16H19N3O4. The van der Waals surface area contributed by atoms with Gasteiger partial charge in [-0.1, -0.05) is 18.2 Å². The summed E-state index contributed by atoms with van der Waals surface area (Å²) in [7, 11) is 1.56. The van der Waals surface area contributed by atoms with E-state index in [4.69, 9.17) is 5.11 Å². The summed E-state index contributed by atoms with van der Waals surface area (Å²) in [5.74, 6) is -1.03. The summed E-state index contributed by atoms with van der Waals surface area (Å²) >= 11 is 0. The summed E-state index contributed by atoms with van der Waals surface area (Å²) in [5, 5.41) is 16.7. The Labute approximate surface area is 132 Å². The number of carboxylic acids is 1. The first-order chi connectivity index (χ1) is 11.0. The zero-order valence-corrected chi connectivity index (χ0v) is 12.9. The summed E-state index contributed by atoms with van der Waals surface area (Å²) in [6.45, 7) is 0.426. The normalized spacial score (nSPS) is 10.7. The van der Waals surface area contributed by atoms with E-state index in [9.17, 15) is 14.4 Å². The van der Waals surface area contributed by atoms with Crippen molar-refractivity contribution in [3.8, 4) is 0 Å². The molecule has 7 heteroatoms. The van der Waals surface area contributed by atoms with Gasteiger partial charge in [0.2, 0.25) is 5.91 Å². The van der Waals surface area contributed by atoms with Gasteiger partial charge in [-0.2, -0.15) is 5.10 Å². The molecule has 0 unspecified atom stereocenters. The van der Waals surface area contributed by atoms with Gasteiger partial charge in [-0.25, -0.2) is 4.68 Å². The molecule has 2 N–H and O–H groups in total. The highest BCUT2D eigenvalue weighted by atomic mass is 16.4. The van der Waals surface area contributed by atoms with Crippen LogP contribution in [0.2, 0.25) is 0 Å². The molecule has 0 bridgehead atoms. The Morgan fingerprint density at radius 2 is 1.91 bits per heavy atom. The fourth-order valence-electron chi connectivity index (χ4n) is 2.35.